The van der Waals surface area contributed by atoms with Gasteiger partial charge in [-0.3, -0.25) is 9.59 Å². The third-order valence-corrected chi connectivity index (χ3v) is 4.71. The van der Waals surface area contributed by atoms with Crippen molar-refractivity contribution in [2.45, 2.75) is 31.8 Å². The smallest absolute Gasteiger partial charge is 0.321 e. The average Bonchev–Trinajstić information content (AvgIpc) is 2.93. The van der Waals surface area contributed by atoms with Crippen molar-refractivity contribution in [2.75, 3.05) is 12.5 Å². The molecule has 1 heterocycles. The van der Waals surface area contributed by atoms with Crippen LogP contribution in [0.4, 0.5) is 0 Å². The number of rotatable bonds is 2. The monoisotopic (exact) mass is 258 g/mol. The van der Waals surface area contributed by atoms with Gasteiger partial charge >= 0.3 is 11.9 Å². The Hall–Kier alpha value is -0.770. The van der Waals surface area contributed by atoms with Crippen LogP contribution in [0, 0.1) is 17.3 Å². The lowest BCUT2D eigenvalue weighted by Crippen LogP contribution is -2.39. The van der Waals surface area contributed by atoms with E-state index in [4.69, 9.17) is 21.1 Å². The zero-order valence-electron chi connectivity index (χ0n) is 9.49. The predicted molar refractivity (Wildman–Crippen MR) is 59.4 cm³/mol. The molecule has 1 saturated heterocycles. The molecule has 1 spiro atoms. The fraction of sp³-hybridized carbons (Fsp3) is 0.833. The number of alkyl halides is 1. The van der Waals surface area contributed by atoms with Gasteiger partial charge in [0.2, 0.25) is 0 Å². The normalized spacial score (nSPS) is 43.1. The standard InChI is InChI=1S/C12H15ClO4/c13-5-11(15)17-9-2-7-1-8(9)12(3-7)4-10(14)16-6-12/h7-9H,1-6H2. The SMILES string of the molecule is O=C1CC2(CO1)CC1CC(OC(=O)CCl)C2C1. The van der Waals surface area contributed by atoms with Crippen molar-refractivity contribution in [3.63, 3.8) is 0 Å². The maximum absolute atomic E-state index is 11.3. The van der Waals surface area contributed by atoms with Crippen molar-refractivity contribution < 1.29 is 19.1 Å². The Labute approximate surface area is 105 Å². The summed E-state index contributed by atoms with van der Waals surface area (Å²) >= 11 is 5.45. The lowest BCUT2D eigenvalue weighted by atomic mass is 9.71. The predicted octanol–water partition coefficient (Wildman–Crippen LogP) is 1.50. The molecule has 0 aromatic rings. The second kappa shape index (κ2) is 3.87. The molecule has 94 valence electrons. The van der Waals surface area contributed by atoms with Crippen LogP contribution in [-0.4, -0.2) is 30.5 Å². The van der Waals surface area contributed by atoms with E-state index in [1.807, 2.05) is 0 Å². The molecule has 1 aliphatic heterocycles. The number of hydrogen-bond donors (Lipinski definition) is 0. The highest BCUT2D eigenvalue weighted by Gasteiger charge is 2.60. The van der Waals surface area contributed by atoms with Crippen molar-refractivity contribution in [3.05, 3.63) is 0 Å². The Kier molecular flexibility index (Phi) is 2.58. The van der Waals surface area contributed by atoms with Crippen LogP contribution >= 0.6 is 11.6 Å². The molecule has 17 heavy (non-hydrogen) atoms. The van der Waals surface area contributed by atoms with Crippen molar-refractivity contribution in [1.29, 1.82) is 0 Å². The number of halogens is 1. The molecule has 2 saturated carbocycles. The molecule has 2 bridgehead atoms. The molecule has 4 unspecified atom stereocenters. The van der Waals surface area contributed by atoms with Gasteiger partial charge in [0.15, 0.2) is 0 Å². The molecule has 2 aliphatic carbocycles. The van der Waals surface area contributed by atoms with Crippen LogP contribution in [0.25, 0.3) is 0 Å². The average molecular weight is 259 g/mol. The van der Waals surface area contributed by atoms with Gasteiger partial charge in [0.25, 0.3) is 0 Å². The molecule has 4 nitrogen and oxygen atoms in total. The zero-order valence-corrected chi connectivity index (χ0v) is 10.2. The largest absolute Gasteiger partial charge is 0.465 e. The second-order valence-corrected chi connectivity index (χ2v) is 5.78. The molecule has 0 aromatic heterocycles. The van der Waals surface area contributed by atoms with E-state index >= 15 is 0 Å². The first-order valence-electron chi connectivity index (χ1n) is 6.04. The van der Waals surface area contributed by atoms with Gasteiger partial charge in [0.1, 0.15) is 12.0 Å². The Balaban J connectivity index is 1.74. The number of carbonyl (C=O) groups excluding carboxylic acids is 2. The molecule has 3 fully saturated rings. The summed E-state index contributed by atoms with van der Waals surface area (Å²) < 4.78 is 10.5. The zero-order chi connectivity index (χ0) is 12.0. The van der Waals surface area contributed by atoms with E-state index in [-0.39, 0.29) is 35.3 Å². The number of fused-ring (bicyclic) bond motifs is 3. The topological polar surface area (TPSA) is 52.6 Å². The Morgan fingerprint density at radius 3 is 2.94 bits per heavy atom. The fourth-order valence-electron chi connectivity index (χ4n) is 3.95. The third-order valence-electron chi connectivity index (χ3n) is 4.49. The third kappa shape index (κ3) is 1.73. The van der Waals surface area contributed by atoms with Crippen molar-refractivity contribution in [2.24, 2.45) is 17.3 Å². The highest BCUT2D eigenvalue weighted by atomic mass is 35.5. The molecule has 0 amide bonds. The van der Waals surface area contributed by atoms with Crippen LogP contribution in [-0.2, 0) is 19.1 Å². The van der Waals surface area contributed by atoms with Crippen LogP contribution < -0.4 is 0 Å². The lowest BCUT2D eigenvalue weighted by Gasteiger charge is -2.35. The summed E-state index contributed by atoms with van der Waals surface area (Å²) in [6.45, 7) is 0.502. The summed E-state index contributed by atoms with van der Waals surface area (Å²) in [5, 5.41) is 0. The lowest BCUT2D eigenvalue weighted by molar-refractivity contribution is -0.151. The van der Waals surface area contributed by atoms with Gasteiger partial charge in [-0.2, -0.15) is 0 Å². The minimum Gasteiger partial charge on any atom is -0.465 e. The van der Waals surface area contributed by atoms with E-state index in [1.165, 1.54) is 0 Å². The molecule has 3 aliphatic rings. The van der Waals surface area contributed by atoms with Gasteiger partial charge in [-0.25, -0.2) is 0 Å². The molecular formula is C12H15ClO4. The summed E-state index contributed by atoms with van der Waals surface area (Å²) in [6, 6.07) is 0. The molecule has 4 atom stereocenters. The maximum Gasteiger partial charge on any atom is 0.321 e. The number of cyclic esters (lactones) is 1. The van der Waals surface area contributed by atoms with Gasteiger partial charge < -0.3 is 9.47 Å². The molecule has 3 rings (SSSR count). The van der Waals surface area contributed by atoms with E-state index in [0.717, 1.165) is 19.3 Å². The Morgan fingerprint density at radius 1 is 1.53 bits per heavy atom. The van der Waals surface area contributed by atoms with Gasteiger partial charge in [0.05, 0.1) is 13.0 Å². The van der Waals surface area contributed by atoms with E-state index < -0.39 is 0 Å². The summed E-state index contributed by atoms with van der Waals surface area (Å²) in [5.74, 6) is 0.286. The van der Waals surface area contributed by atoms with Crippen LogP contribution in [0.2, 0.25) is 0 Å². The van der Waals surface area contributed by atoms with Crippen LogP contribution in [0.5, 0.6) is 0 Å². The van der Waals surface area contributed by atoms with Crippen molar-refractivity contribution in [3.8, 4) is 0 Å². The first-order valence-corrected chi connectivity index (χ1v) is 6.57. The molecular weight excluding hydrogens is 244 g/mol. The summed E-state index contributed by atoms with van der Waals surface area (Å²) in [7, 11) is 0. The quantitative estimate of drug-likeness (QED) is 0.556. The Bertz CT molecular complexity index is 370. The number of ether oxygens (including phenoxy) is 2. The van der Waals surface area contributed by atoms with Gasteiger partial charge in [-0.1, -0.05) is 0 Å². The number of carbonyl (C=O) groups is 2. The summed E-state index contributed by atoms with van der Waals surface area (Å²) in [4.78, 5) is 22.6. The van der Waals surface area contributed by atoms with E-state index in [1.54, 1.807) is 0 Å². The number of hydrogen-bond acceptors (Lipinski definition) is 4. The van der Waals surface area contributed by atoms with Crippen LogP contribution in [0.15, 0.2) is 0 Å². The molecule has 0 aromatic carbocycles. The molecule has 0 radical (unpaired) electrons. The van der Waals surface area contributed by atoms with E-state index in [2.05, 4.69) is 0 Å². The first kappa shape index (κ1) is 11.3. The van der Waals surface area contributed by atoms with Crippen molar-refractivity contribution in [1.82, 2.24) is 0 Å². The maximum atomic E-state index is 11.3. The fourth-order valence-corrected chi connectivity index (χ4v) is 4.01. The van der Waals surface area contributed by atoms with Crippen LogP contribution in [0.1, 0.15) is 25.7 Å². The summed E-state index contributed by atoms with van der Waals surface area (Å²) in [5.41, 5.74) is -0.0583. The highest BCUT2D eigenvalue weighted by molar-refractivity contribution is 6.26. The molecule has 0 N–H and O–H groups in total. The number of esters is 2. The highest BCUT2D eigenvalue weighted by Crippen LogP contribution is 2.60. The van der Waals surface area contributed by atoms with Crippen LogP contribution in [0.3, 0.4) is 0 Å². The van der Waals surface area contributed by atoms with E-state index in [0.29, 0.717) is 18.9 Å². The summed E-state index contributed by atoms with van der Waals surface area (Å²) in [6.07, 6.45) is 3.44. The van der Waals surface area contributed by atoms with Crippen molar-refractivity contribution >= 4 is 23.5 Å². The minimum absolute atomic E-state index is 0.0583. The molecule has 5 heteroatoms. The first-order chi connectivity index (χ1) is 8.13. The van der Waals surface area contributed by atoms with Gasteiger partial charge in [-0.05, 0) is 25.2 Å². The van der Waals surface area contributed by atoms with Gasteiger partial charge in [0, 0.05) is 11.3 Å². The van der Waals surface area contributed by atoms with Gasteiger partial charge in [-0.15, -0.1) is 11.6 Å². The minimum atomic E-state index is -0.357. The Morgan fingerprint density at radius 2 is 2.35 bits per heavy atom. The van der Waals surface area contributed by atoms with E-state index in [9.17, 15) is 9.59 Å². The second-order valence-electron chi connectivity index (χ2n) is 5.51.